The first-order chi connectivity index (χ1) is 11.4. The third-order valence-corrected chi connectivity index (χ3v) is 3.34. The third kappa shape index (κ3) is 5.46. The Labute approximate surface area is 136 Å². The molecule has 2 N–H and O–H groups in total. The maximum Gasteiger partial charge on any atom is 0.433 e. The first kappa shape index (κ1) is 18.1. The minimum atomic E-state index is -4.56. The van der Waals surface area contributed by atoms with Crippen molar-refractivity contribution in [3.63, 3.8) is 0 Å². The van der Waals surface area contributed by atoms with E-state index in [0.29, 0.717) is 19.8 Å². The minimum absolute atomic E-state index is 0.0105. The lowest BCUT2D eigenvalue weighted by Gasteiger charge is -2.26. The molecule has 2 amide bonds. The highest BCUT2D eigenvalue weighted by atomic mass is 19.4. The number of carbonyl (C=O) groups excluding carboxylic acids is 2. The number of rotatable bonds is 4. The van der Waals surface area contributed by atoms with Crippen LogP contribution < -0.4 is 10.6 Å². The molecular formula is C14H17F3N4O3. The van der Waals surface area contributed by atoms with Crippen LogP contribution in [0, 0.1) is 0 Å². The highest BCUT2D eigenvalue weighted by molar-refractivity contribution is 6.39. The second-order valence-corrected chi connectivity index (χ2v) is 5.09. The number of pyridine rings is 1. The van der Waals surface area contributed by atoms with Crippen LogP contribution in [0.1, 0.15) is 5.69 Å². The Hall–Kier alpha value is -2.20. The molecule has 1 fully saturated rings. The van der Waals surface area contributed by atoms with Crippen molar-refractivity contribution in [3.05, 3.63) is 24.0 Å². The molecule has 1 aliphatic rings. The fourth-order valence-electron chi connectivity index (χ4n) is 2.06. The summed E-state index contributed by atoms with van der Waals surface area (Å²) in [7, 11) is 0. The Morgan fingerprint density at radius 1 is 1.21 bits per heavy atom. The van der Waals surface area contributed by atoms with Crippen molar-refractivity contribution in [2.75, 3.05) is 44.7 Å². The van der Waals surface area contributed by atoms with Crippen molar-refractivity contribution < 1.29 is 27.5 Å². The number of halogens is 3. The monoisotopic (exact) mass is 346 g/mol. The van der Waals surface area contributed by atoms with Gasteiger partial charge in [0.2, 0.25) is 0 Å². The van der Waals surface area contributed by atoms with E-state index in [2.05, 4.69) is 20.5 Å². The molecule has 1 aliphatic heterocycles. The Bertz CT molecular complexity index is 572. The second-order valence-electron chi connectivity index (χ2n) is 5.09. The molecule has 0 spiro atoms. The van der Waals surface area contributed by atoms with E-state index in [1.807, 2.05) is 0 Å². The number of nitrogens with zero attached hydrogens (tertiary/aromatic N) is 2. The van der Waals surface area contributed by atoms with Crippen LogP contribution in [0.2, 0.25) is 0 Å². The first-order valence-corrected chi connectivity index (χ1v) is 7.29. The van der Waals surface area contributed by atoms with E-state index in [9.17, 15) is 22.8 Å². The molecule has 2 rings (SSSR count). The van der Waals surface area contributed by atoms with Crippen LogP contribution in [0.3, 0.4) is 0 Å². The van der Waals surface area contributed by atoms with Crippen LogP contribution in [0.4, 0.5) is 18.9 Å². The van der Waals surface area contributed by atoms with E-state index in [-0.39, 0.29) is 12.2 Å². The van der Waals surface area contributed by atoms with E-state index in [4.69, 9.17) is 4.74 Å². The molecule has 132 valence electrons. The minimum Gasteiger partial charge on any atom is -0.379 e. The SMILES string of the molecule is O=C(NCCN1CCOCC1)C(=O)Nc1ccc(C(F)(F)F)nc1. The summed E-state index contributed by atoms with van der Waals surface area (Å²) in [5, 5.41) is 4.65. The lowest BCUT2D eigenvalue weighted by atomic mass is 10.3. The molecule has 0 saturated carbocycles. The summed E-state index contributed by atoms with van der Waals surface area (Å²) in [5.41, 5.74) is -1.06. The molecule has 0 aromatic carbocycles. The predicted molar refractivity (Wildman–Crippen MR) is 78.1 cm³/mol. The molecule has 0 unspecified atom stereocenters. The average Bonchev–Trinajstić information content (AvgIpc) is 2.55. The molecule has 10 heteroatoms. The maximum absolute atomic E-state index is 12.4. The van der Waals surface area contributed by atoms with Gasteiger partial charge >= 0.3 is 18.0 Å². The van der Waals surface area contributed by atoms with Crippen molar-refractivity contribution in [1.29, 1.82) is 0 Å². The molecule has 1 aromatic rings. The summed E-state index contributed by atoms with van der Waals surface area (Å²) in [6, 6.07) is 1.76. The molecule has 0 aliphatic carbocycles. The Morgan fingerprint density at radius 3 is 2.50 bits per heavy atom. The summed E-state index contributed by atoms with van der Waals surface area (Å²) < 4.78 is 42.3. The van der Waals surface area contributed by atoms with Crippen LogP contribution in [-0.2, 0) is 20.5 Å². The summed E-state index contributed by atoms with van der Waals surface area (Å²) in [6.07, 6.45) is -3.71. The highest BCUT2D eigenvalue weighted by Gasteiger charge is 2.32. The van der Waals surface area contributed by atoms with Gasteiger partial charge in [0.1, 0.15) is 5.69 Å². The van der Waals surface area contributed by atoms with Crippen LogP contribution >= 0.6 is 0 Å². The van der Waals surface area contributed by atoms with Gasteiger partial charge in [-0.05, 0) is 12.1 Å². The quantitative estimate of drug-likeness (QED) is 0.775. The number of alkyl halides is 3. The maximum atomic E-state index is 12.4. The van der Waals surface area contributed by atoms with Crippen LogP contribution in [0.15, 0.2) is 18.3 Å². The molecule has 1 saturated heterocycles. The number of aromatic nitrogens is 1. The fraction of sp³-hybridized carbons (Fsp3) is 0.500. The molecule has 0 atom stereocenters. The third-order valence-electron chi connectivity index (χ3n) is 3.34. The molecule has 1 aromatic heterocycles. The van der Waals surface area contributed by atoms with E-state index in [1.165, 1.54) is 0 Å². The van der Waals surface area contributed by atoms with Crippen molar-refractivity contribution >= 4 is 17.5 Å². The molecule has 0 bridgehead atoms. The van der Waals surface area contributed by atoms with Gasteiger partial charge in [-0.3, -0.25) is 14.5 Å². The zero-order chi connectivity index (χ0) is 17.6. The van der Waals surface area contributed by atoms with Gasteiger partial charge in [0.15, 0.2) is 0 Å². The molecule has 0 radical (unpaired) electrons. The molecular weight excluding hydrogens is 329 g/mol. The van der Waals surface area contributed by atoms with Crippen molar-refractivity contribution in [3.8, 4) is 0 Å². The summed E-state index contributed by atoms with van der Waals surface area (Å²) >= 11 is 0. The van der Waals surface area contributed by atoms with E-state index in [1.54, 1.807) is 0 Å². The number of ether oxygens (including phenoxy) is 1. The lowest BCUT2D eigenvalue weighted by molar-refractivity contribution is -0.141. The van der Waals surface area contributed by atoms with Gasteiger partial charge in [-0.1, -0.05) is 0 Å². The molecule has 24 heavy (non-hydrogen) atoms. The van der Waals surface area contributed by atoms with Crippen LogP contribution in [-0.4, -0.2) is 61.1 Å². The summed E-state index contributed by atoms with van der Waals surface area (Å²) in [5.74, 6) is -1.82. The second kappa shape index (κ2) is 8.06. The van der Waals surface area contributed by atoms with E-state index < -0.39 is 23.7 Å². The van der Waals surface area contributed by atoms with Gasteiger partial charge in [-0.2, -0.15) is 13.2 Å². The Morgan fingerprint density at radius 2 is 1.92 bits per heavy atom. The number of amides is 2. The number of hydrogen-bond acceptors (Lipinski definition) is 5. The number of morpholine rings is 1. The van der Waals surface area contributed by atoms with Gasteiger partial charge < -0.3 is 15.4 Å². The highest BCUT2D eigenvalue weighted by Crippen LogP contribution is 2.27. The zero-order valence-electron chi connectivity index (χ0n) is 12.7. The molecule has 2 heterocycles. The topological polar surface area (TPSA) is 83.6 Å². The lowest BCUT2D eigenvalue weighted by Crippen LogP contribution is -2.43. The van der Waals surface area contributed by atoms with E-state index in [0.717, 1.165) is 31.4 Å². The smallest absolute Gasteiger partial charge is 0.379 e. The van der Waals surface area contributed by atoms with Crippen LogP contribution in [0.5, 0.6) is 0 Å². The van der Waals surface area contributed by atoms with Crippen molar-refractivity contribution in [2.24, 2.45) is 0 Å². The number of carbonyl (C=O) groups is 2. The molecule has 7 nitrogen and oxygen atoms in total. The Balaban J connectivity index is 1.75. The van der Waals surface area contributed by atoms with Crippen LogP contribution in [0.25, 0.3) is 0 Å². The fourth-order valence-corrected chi connectivity index (χ4v) is 2.06. The normalized spacial score (nSPS) is 15.8. The number of hydrogen-bond donors (Lipinski definition) is 2. The Kier molecular flexibility index (Phi) is 6.10. The van der Waals surface area contributed by atoms with Crippen molar-refractivity contribution in [2.45, 2.75) is 6.18 Å². The summed E-state index contributed by atoms with van der Waals surface area (Å²) in [4.78, 5) is 28.6. The van der Waals surface area contributed by atoms with Gasteiger partial charge in [0.25, 0.3) is 0 Å². The number of anilines is 1. The standard InChI is InChI=1S/C14H17F3N4O3/c15-14(16,17)11-2-1-10(9-19-11)20-13(23)12(22)18-3-4-21-5-7-24-8-6-21/h1-2,9H,3-8H2,(H,18,22)(H,20,23). The predicted octanol–water partition coefficient (Wildman–Crippen LogP) is 0.487. The summed E-state index contributed by atoms with van der Waals surface area (Å²) in [6.45, 7) is 3.67. The van der Waals surface area contributed by atoms with Gasteiger partial charge in [0, 0.05) is 26.2 Å². The largest absolute Gasteiger partial charge is 0.433 e. The van der Waals surface area contributed by atoms with Gasteiger partial charge in [-0.15, -0.1) is 0 Å². The van der Waals surface area contributed by atoms with E-state index >= 15 is 0 Å². The number of nitrogens with one attached hydrogen (secondary N) is 2. The van der Waals surface area contributed by atoms with Gasteiger partial charge in [0.05, 0.1) is 25.1 Å². The van der Waals surface area contributed by atoms with Crippen molar-refractivity contribution in [1.82, 2.24) is 15.2 Å². The zero-order valence-corrected chi connectivity index (χ0v) is 12.7. The van der Waals surface area contributed by atoms with Gasteiger partial charge in [-0.25, -0.2) is 4.98 Å². The first-order valence-electron chi connectivity index (χ1n) is 7.29. The average molecular weight is 346 g/mol.